The molecule has 2 aromatic carbocycles. The first-order chi connectivity index (χ1) is 7.95. The molecule has 0 fully saturated rings. The molecule has 1 nitrogen and oxygen atoms in total. The molecule has 17 heavy (non-hydrogen) atoms. The molecule has 0 saturated heterocycles. The van der Waals surface area contributed by atoms with Gasteiger partial charge in [-0.05, 0) is 30.5 Å². The van der Waals surface area contributed by atoms with Crippen LogP contribution in [0, 0.1) is 0 Å². The highest BCUT2D eigenvalue weighted by molar-refractivity contribution is 5.85. The first-order valence-corrected chi connectivity index (χ1v) is 5.78. The average Bonchev–Trinajstić information content (AvgIpc) is 2.37. The van der Waals surface area contributed by atoms with Crippen LogP contribution in [0.15, 0.2) is 60.7 Å². The van der Waals surface area contributed by atoms with E-state index in [1.165, 1.54) is 17.7 Å². The van der Waals surface area contributed by atoms with Gasteiger partial charge < -0.3 is 5.32 Å². The highest BCUT2D eigenvalue weighted by Crippen LogP contribution is 2.06. The summed E-state index contributed by atoms with van der Waals surface area (Å²) in [5.41, 5.74) is 2.62. The monoisotopic (exact) mass is 247 g/mol. The Morgan fingerprint density at radius 1 is 0.765 bits per heavy atom. The zero-order valence-electron chi connectivity index (χ0n) is 9.80. The van der Waals surface area contributed by atoms with E-state index in [1.807, 2.05) is 6.07 Å². The Morgan fingerprint density at radius 3 is 2.00 bits per heavy atom. The van der Waals surface area contributed by atoms with E-state index >= 15 is 0 Å². The Morgan fingerprint density at radius 2 is 1.35 bits per heavy atom. The molecule has 0 aliphatic carbocycles. The lowest BCUT2D eigenvalue weighted by atomic mass is 10.1. The largest absolute Gasteiger partial charge is 0.385 e. The summed E-state index contributed by atoms with van der Waals surface area (Å²) < 4.78 is 0. The van der Waals surface area contributed by atoms with Crippen LogP contribution < -0.4 is 5.32 Å². The Kier molecular flexibility index (Phi) is 6.19. The van der Waals surface area contributed by atoms with Gasteiger partial charge in [0.2, 0.25) is 0 Å². The van der Waals surface area contributed by atoms with Crippen molar-refractivity contribution in [2.75, 3.05) is 11.9 Å². The van der Waals surface area contributed by atoms with Crippen LogP contribution in [-0.4, -0.2) is 6.54 Å². The van der Waals surface area contributed by atoms with Crippen molar-refractivity contribution in [1.82, 2.24) is 0 Å². The topological polar surface area (TPSA) is 12.0 Å². The summed E-state index contributed by atoms with van der Waals surface area (Å²) in [7, 11) is 0. The third-order valence-electron chi connectivity index (χ3n) is 2.59. The predicted molar refractivity (Wildman–Crippen MR) is 76.9 cm³/mol. The van der Waals surface area contributed by atoms with Gasteiger partial charge in [-0.1, -0.05) is 48.5 Å². The number of aryl methyl sites for hydroxylation is 1. The maximum Gasteiger partial charge on any atom is 0.0340 e. The highest BCUT2D eigenvalue weighted by atomic mass is 35.5. The van der Waals surface area contributed by atoms with Gasteiger partial charge in [0.1, 0.15) is 0 Å². The number of anilines is 1. The summed E-state index contributed by atoms with van der Waals surface area (Å²) in [6.07, 6.45) is 2.31. The standard InChI is InChI=1S/C15H17N.ClH/c1-3-8-14(9-4-1)10-7-13-16-15-11-5-2-6-12-15;/h1-6,8-9,11-12,16H,7,10,13H2;1H. The maximum absolute atomic E-state index is 3.41. The lowest BCUT2D eigenvalue weighted by Crippen LogP contribution is -2.02. The fourth-order valence-corrected chi connectivity index (χ4v) is 1.73. The highest BCUT2D eigenvalue weighted by Gasteiger charge is 1.92. The second kappa shape index (κ2) is 7.75. The summed E-state index contributed by atoms with van der Waals surface area (Å²) in [6, 6.07) is 21.0. The average molecular weight is 248 g/mol. The molecule has 90 valence electrons. The van der Waals surface area contributed by atoms with Crippen molar-refractivity contribution >= 4 is 18.1 Å². The van der Waals surface area contributed by atoms with Crippen LogP contribution in [0.25, 0.3) is 0 Å². The molecule has 0 saturated carbocycles. The fraction of sp³-hybridized carbons (Fsp3) is 0.200. The van der Waals surface area contributed by atoms with E-state index in [4.69, 9.17) is 0 Å². The minimum Gasteiger partial charge on any atom is -0.385 e. The molecule has 0 bridgehead atoms. The first kappa shape index (κ1) is 13.6. The molecule has 1 N–H and O–H groups in total. The molecule has 2 heteroatoms. The van der Waals surface area contributed by atoms with E-state index in [-0.39, 0.29) is 12.4 Å². The Labute approximate surface area is 109 Å². The third kappa shape index (κ3) is 4.92. The molecule has 0 amide bonds. The van der Waals surface area contributed by atoms with Gasteiger partial charge >= 0.3 is 0 Å². The van der Waals surface area contributed by atoms with E-state index in [1.54, 1.807) is 0 Å². The van der Waals surface area contributed by atoms with Gasteiger partial charge in [0.25, 0.3) is 0 Å². The molecule has 0 radical (unpaired) electrons. The van der Waals surface area contributed by atoms with Crippen LogP contribution in [0.4, 0.5) is 5.69 Å². The van der Waals surface area contributed by atoms with Crippen molar-refractivity contribution in [2.45, 2.75) is 12.8 Å². The number of benzene rings is 2. The quantitative estimate of drug-likeness (QED) is 0.783. The number of nitrogens with one attached hydrogen (secondary N) is 1. The van der Waals surface area contributed by atoms with Crippen molar-refractivity contribution in [3.8, 4) is 0 Å². The fourth-order valence-electron chi connectivity index (χ4n) is 1.73. The van der Waals surface area contributed by atoms with Crippen LogP contribution >= 0.6 is 12.4 Å². The molecule has 0 heterocycles. The van der Waals surface area contributed by atoms with Gasteiger partial charge in [0.05, 0.1) is 0 Å². The summed E-state index contributed by atoms with van der Waals surface area (Å²) in [5.74, 6) is 0. The summed E-state index contributed by atoms with van der Waals surface area (Å²) in [4.78, 5) is 0. The van der Waals surface area contributed by atoms with Gasteiger partial charge in [0, 0.05) is 12.2 Å². The van der Waals surface area contributed by atoms with Crippen molar-refractivity contribution < 1.29 is 0 Å². The molecule has 0 aromatic heterocycles. The van der Waals surface area contributed by atoms with Crippen molar-refractivity contribution in [2.24, 2.45) is 0 Å². The Balaban J connectivity index is 0.00000144. The predicted octanol–water partition coefficient (Wildman–Crippen LogP) is 4.15. The summed E-state index contributed by atoms with van der Waals surface area (Å²) in [6.45, 7) is 1.03. The van der Waals surface area contributed by atoms with E-state index in [2.05, 4.69) is 59.9 Å². The van der Waals surface area contributed by atoms with Crippen LogP contribution in [0.5, 0.6) is 0 Å². The van der Waals surface area contributed by atoms with Crippen molar-refractivity contribution in [1.29, 1.82) is 0 Å². The number of hydrogen-bond donors (Lipinski definition) is 1. The number of para-hydroxylation sites is 1. The van der Waals surface area contributed by atoms with Gasteiger partial charge in [-0.15, -0.1) is 12.4 Å². The van der Waals surface area contributed by atoms with E-state index in [0.29, 0.717) is 0 Å². The third-order valence-corrected chi connectivity index (χ3v) is 2.59. The Hall–Kier alpha value is -1.47. The lowest BCUT2D eigenvalue weighted by Gasteiger charge is -2.05. The lowest BCUT2D eigenvalue weighted by molar-refractivity contribution is 0.863. The summed E-state index contributed by atoms with van der Waals surface area (Å²) >= 11 is 0. The van der Waals surface area contributed by atoms with E-state index < -0.39 is 0 Å². The number of halogens is 1. The molecule has 0 aliphatic rings. The number of hydrogen-bond acceptors (Lipinski definition) is 1. The van der Waals surface area contributed by atoms with Crippen LogP contribution in [-0.2, 0) is 6.42 Å². The molecular formula is C15H18ClN. The van der Waals surface area contributed by atoms with Crippen molar-refractivity contribution in [3.05, 3.63) is 66.2 Å². The second-order valence-corrected chi connectivity index (χ2v) is 3.88. The zero-order valence-corrected chi connectivity index (χ0v) is 10.6. The van der Waals surface area contributed by atoms with E-state index in [9.17, 15) is 0 Å². The second-order valence-electron chi connectivity index (χ2n) is 3.88. The van der Waals surface area contributed by atoms with Crippen LogP contribution in [0.3, 0.4) is 0 Å². The van der Waals surface area contributed by atoms with Crippen LogP contribution in [0.2, 0.25) is 0 Å². The molecule has 0 unspecified atom stereocenters. The SMILES string of the molecule is Cl.c1ccc(CCCNc2ccccc2)cc1. The maximum atomic E-state index is 3.41. The smallest absolute Gasteiger partial charge is 0.0340 e. The first-order valence-electron chi connectivity index (χ1n) is 5.78. The molecule has 2 rings (SSSR count). The van der Waals surface area contributed by atoms with Crippen LogP contribution in [0.1, 0.15) is 12.0 Å². The minimum atomic E-state index is 0. The van der Waals surface area contributed by atoms with E-state index in [0.717, 1.165) is 13.0 Å². The molecule has 0 spiro atoms. The molecule has 2 aromatic rings. The normalized spacial score (nSPS) is 9.41. The number of rotatable bonds is 5. The van der Waals surface area contributed by atoms with Gasteiger partial charge in [0.15, 0.2) is 0 Å². The summed E-state index contributed by atoms with van der Waals surface area (Å²) in [5, 5.41) is 3.41. The minimum absolute atomic E-state index is 0. The van der Waals surface area contributed by atoms with Gasteiger partial charge in [-0.3, -0.25) is 0 Å². The molecule has 0 aliphatic heterocycles. The molecule has 0 atom stereocenters. The van der Waals surface area contributed by atoms with Gasteiger partial charge in [-0.25, -0.2) is 0 Å². The Bertz CT molecular complexity index is 358. The molecular weight excluding hydrogens is 230 g/mol. The van der Waals surface area contributed by atoms with Crippen molar-refractivity contribution in [3.63, 3.8) is 0 Å². The zero-order chi connectivity index (χ0) is 11.1. The van der Waals surface area contributed by atoms with Gasteiger partial charge in [-0.2, -0.15) is 0 Å².